The van der Waals surface area contributed by atoms with Crippen molar-refractivity contribution in [1.82, 2.24) is 20.2 Å². The summed E-state index contributed by atoms with van der Waals surface area (Å²) in [4.78, 5) is 23.9. The van der Waals surface area contributed by atoms with Crippen LogP contribution in [-0.4, -0.2) is 53.6 Å². The zero-order valence-electron chi connectivity index (χ0n) is 15.2. The van der Waals surface area contributed by atoms with Crippen molar-refractivity contribution in [1.29, 1.82) is 0 Å². The maximum absolute atomic E-state index is 12.4. The number of amides is 1. The lowest BCUT2D eigenvalue weighted by atomic mass is 10.2. The van der Waals surface area contributed by atoms with Crippen molar-refractivity contribution in [2.75, 3.05) is 32.8 Å². The molecule has 0 aliphatic carbocycles. The fourth-order valence-electron chi connectivity index (χ4n) is 3.43. The summed E-state index contributed by atoms with van der Waals surface area (Å²) >= 11 is 1.74. The molecule has 3 heterocycles. The summed E-state index contributed by atoms with van der Waals surface area (Å²) in [6.07, 6.45) is 1.04. The number of aryl methyl sites for hydroxylation is 1. The van der Waals surface area contributed by atoms with Crippen LogP contribution in [0, 0.1) is 0 Å². The molecule has 1 fully saturated rings. The van der Waals surface area contributed by atoms with E-state index in [1.54, 1.807) is 11.3 Å². The van der Waals surface area contributed by atoms with Crippen LogP contribution in [0.15, 0.2) is 41.8 Å². The largest absolute Gasteiger partial charge is 0.379 e. The van der Waals surface area contributed by atoms with E-state index in [-0.39, 0.29) is 11.9 Å². The zero-order chi connectivity index (χ0) is 18.5. The van der Waals surface area contributed by atoms with Crippen LogP contribution in [0.2, 0.25) is 0 Å². The quantitative estimate of drug-likeness (QED) is 0.657. The topological polar surface area (TPSA) is 70.2 Å². The number of carbonyl (C=O) groups is 1. The Morgan fingerprint density at radius 3 is 2.89 bits per heavy atom. The molecule has 0 saturated carbocycles. The molecular formula is C20H24N4O2S. The fraction of sp³-hybridized carbons (Fsp3) is 0.400. The molecule has 1 saturated heterocycles. The Kier molecular flexibility index (Phi) is 5.81. The second-order valence-electron chi connectivity index (χ2n) is 6.68. The Morgan fingerprint density at radius 1 is 1.26 bits per heavy atom. The van der Waals surface area contributed by atoms with Gasteiger partial charge < -0.3 is 15.0 Å². The molecule has 4 rings (SSSR count). The van der Waals surface area contributed by atoms with Gasteiger partial charge in [0.15, 0.2) is 0 Å². The highest BCUT2D eigenvalue weighted by Crippen LogP contribution is 2.25. The SMILES string of the molecule is O=C(CCc1nc2ccccc2[nH]1)NC[C@@H](c1cccs1)N1CCOCC1. The van der Waals surface area contributed by atoms with Crippen molar-refractivity contribution >= 4 is 28.3 Å². The summed E-state index contributed by atoms with van der Waals surface area (Å²) in [6.45, 7) is 3.93. The number of carbonyl (C=O) groups excluding carboxylic acids is 1. The van der Waals surface area contributed by atoms with Gasteiger partial charge in [-0.3, -0.25) is 9.69 Å². The minimum Gasteiger partial charge on any atom is -0.379 e. The van der Waals surface area contributed by atoms with Crippen LogP contribution in [0.1, 0.15) is 23.2 Å². The number of nitrogens with zero attached hydrogens (tertiary/aromatic N) is 2. The minimum absolute atomic E-state index is 0.0604. The molecule has 3 aromatic rings. The zero-order valence-corrected chi connectivity index (χ0v) is 16.0. The number of hydrogen-bond donors (Lipinski definition) is 2. The molecule has 1 aliphatic heterocycles. The first kappa shape index (κ1) is 18.2. The third-order valence-electron chi connectivity index (χ3n) is 4.88. The van der Waals surface area contributed by atoms with Crippen molar-refractivity contribution in [2.45, 2.75) is 18.9 Å². The molecule has 1 amide bonds. The Morgan fingerprint density at radius 2 is 2.11 bits per heavy atom. The summed E-state index contributed by atoms with van der Waals surface area (Å²) < 4.78 is 5.47. The van der Waals surface area contributed by atoms with Gasteiger partial charge in [-0.25, -0.2) is 4.98 Å². The van der Waals surface area contributed by atoms with Crippen LogP contribution in [0.4, 0.5) is 0 Å². The number of H-pyrrole nitrogens is 1. The van der Waals surface area contributed by atoms with E-state index in [1.807, 2.05) is 24.3 Å². The highest BCUT2D eigenvalue weighted by atomic mass is 32.1. The number of imidazole rings is 1. The van der Waals surface area contributed by atoms with Gasteiger partial charge in [-0.1, -0.05) is 18.2 Å². The fourth-order valence-corrected chi connectivity index (χ4v) is 4.30. The molecule has 0 unspecified atom stereocenters. The van der Waals surface area contributed by atoms with Crippen molar-refractivity contribution in [2.24, 2.45) is 0 Å². The molecule has 27 heavy (non-hydrogen) atoms. The average molecular weight is 385 g/mol. The van der Waals surface area contributed by atoms with E-state index in [0.717, 1.165) is 43.2 Å². The van der Waals surface area contributed by atoms with E-state index in [4.69, 9.17) is 4.74 Å². The Labute approximate surface area is 162 Å². The molecule has 1 aliphatic rings. The Bertz CT molecular complexity index is 838. The summed E-state index contributed by atoms with van der Waals surface area (Å²) in [5, 5.41) is 5.21. The van der Waals surface area contributed by atoms with Gasteiger partial charge in [-0.05, 0) is 23.6 Å². The number of ether oxygens (including phenoxy) is 1. The maximum atomic E-state index is 12.4. The third kappa shape index (κ3) is 4.55. The van der Waals surface area contributed by atoms with Crippen molar-refractivity contribution in [3.63, 3.8) is 0 Å². The number of para-hydroxylation sites is 2. The average Bonchev–Trinajstić information content (AvgIpc) is 3.37. The number of benzene rings is 1. The second kappa shape index (κ2) is 8.65. The van der Waals surface area contributed by atoms with E-state index in [2.05, 4.69) is 37.7 Å². The van der Waals surface area contributed by atoms with E-state index in [1.165, 1.54) is 4.88 Å². The van der Waals surface area contributed by atoms with Gasteiger partial charge in [0.25, 0.3) is 0 Å². The van der Waals surface area contributed by atoms with Gasteiger partial charge in [0, 0.05) is 37.4 Å². The van der Waals surface area contributed by atoms with E-state index in [0.29, 0.717) is 19.4 Å². The first-order chi connectivity index (χ1) is 13.3. The number of morpholine rings is 1. The molecule has 2 N–H and O–H groups in total. The number of aromatic nitrogens is 2. The highest BCUT2D eigenvalue weighted by molar-refractivity contribution is 7.10. The van der Waals surface area contributed by atoms with Gasteiger partial charge in [-0.15, -0.1) is 11.3 Å². The lowest BCUT2D eigenvalue weighted by Crippen LogP contribution is -2.43. The van der Waals surface area contributed by atoms with Crippen LogP contribution in [0.5, 0.6) is 0 Å². The monoisotopic (exact) mass is 384 g/mol. The first-order valence-corrected chi connectivity index (χ1v) is 10.2. The van der Waals surface area contributed by atoms with Crippen LogP contribution >= 0.6 is 11.3 Å². The van der Waals surface area contributed by atoms with Crippen molar-refractivity contribution in [3.05, 3.63) is 52.5 Å². The Balaban J connectivity index is 1.32. The van der Waals surface area contributed by atoms with Crippen molar-refractivity contribution in [3.8, 4) is 0 Å². The molecular weight excluding hydrogens is 360 g/mol. The lowest BCUT2D eigenvalue weighted by Gasteiger charge is -2.34. The summed E-state index contributed by atoms with van der Waals surface area (Å²) in [5.74, 6) is 0.916. The second-order valence-corrected chi connectivity index (χ2v) is 7.66. The smallest absolute Gasteiger partial charge is 0.220 e. The molecule has 0 bridgehead atoms. The van der Waals surface area contributed by atoms with Gasteiger partial charge in [0.2, 0.25) is 5.91 Å². The number of thiophene rings is 1. The molecule has 142 valence electrons. The lowest BCUT2D eigenvalue weighted by molar-refractivity contribution is -0.121. The molecule has 1 atom stereocenters. The number of hydrogen-bond acceptors (Lipinski definition) is 5. The summed E-state index contributed by atoms with van der Waals surface area (Å²) in [5.41, 5.74) is 1.95. The van der Waals surface area contributed by atoms with Gasteiger partial charge in [0.1, 0.15) is 5.82 Å². The van der Waals surface area contributed by atoms with E-state index in [9.17, 15) is 4.79 Å². The van der Waals surface area contributed by atoms with Crippen LogP contribution < -0.4 is 5.32 Å². The van der Waals surface area contributed by atoms with E-state index >= 15 is 0 Å². The maximum Gasteiger partial charge on any atom is 0.220 e. The van der Waals surface area contributed by atoms with Crippen LogP contribution in [0.3, 0.4) is 0 Å². The summed E-state index contributed by atoms with van der Waals surface area (Å²) in [6, 6.07) is 12.3. The molecule has 6 nitrogen and oxygen atoms in total. The Hall–Kier alpha value is -2.22. The molecule has 1 aromatic carbocycles. The molecule has 2 aromatic heterocycles. The molecule has 7 heteroatoms. The third-order valence-corrected chi connectivity index (χ3v) is 5.85. The standard InChI is InChI=1S/C20H24N4O2S/c25-20(8-7-19-22-15-4-1-2-5-16(15)23-19)21-14-17(18-6-3-13-27-18)24-9-11-26-12-10-24/h1-6,13,17H,7-12,14H2,(H,21,25)(H,22,23)/t17-/m0/s1. The number of rotatable bonds is 7. The van der Waals surface area contributed by atoms with Crippen LogP contribution in [-0.2, 0) is 16.0 Å². The highest BCUT2D eigenvalue weighted by Gasteiger charge is 2.23. The number of nitrogens with one attached hydrogen (secondary N) is 2. The van der Waals surface area contributed by atoms with Gasteiger partial charge in [-0.2, -0.15) is 0 Å². The van der Waals surface area contributed by atoms with Gasteiger partial charge >= 0.3 is 0 Å². The number of aromatic amines is 1. The van der Waals surface area contributed by atoms with Crippen LogP contribution in [0.25, 0.3) is 11.0 Å². The predicted octanol–water partition coefficient (Wildman–Crippen LogP) is 2.75. The van der Waals surface area contributed by atoms with E-state index < -0.39 is 0 Å². The molecule has 0 radical (unpaired) electrons. The molecule has 0 spiro atoms. The van der Waals surface area contributed by atoms with Gasteiger partial charge in [0.05, 0.1) is 30.3 Å². The first-order valence-electron chi connectivity index (χ1n) is 9.35. The van der Waals surface area contributed by atoms with Crippen molar-refractivity contribution < 1.29 is 9.53 Å². The normalized spacial score (nSPS) is 16.4. The number of fused-ring (bicyclic) bond motifs is 1. The predicted molar refractivity (Wildman–Crippen MR) is 107 cm³/mol. The summed E-state index contributed by atoms with van der Waals surface area (Å²) in [7, 11) is 0. The minimum atomic E-state index is 0.0604.